The molecule has 0 aromatic heterocycles. The number of carbonyl (C=O) groups is 1. The van der Waals surface area contributed by atoms with Crippen molar-refractivity contribution in [3.8, 4) is 0 Å². The minimum absolute atomic E-state index is 0.196. The van der Waals surface area contributed by atoms with Gasteiger partial charge in [0, 0.05) is 12.2 Å². The molecule has 0 aliphatic rings. The van der Waals surface area contributed by atoms with Crippen LogP contribution in [0.3, 0.4) is 0 Å². The number of amides is 1. The van der Waals surface area contributed by atoms with Gasteiger partial charge in [-0.3, -0.25) is 4.79 Å². The van der Waals surface area contributed by atoms with Crippen LogP contribution in [0, 0.1) is 5.92 Å². The minimum atomic E-state index is -0.558. The molecule has 1 unspecified atom stereocenters. The maximum absolute atomic E-state index is 11.9. The third kappa shape index (κ3) is 4.20. The van der Waals surface area contributed by atoms with Crippen molar-refractivity contribution >= 4 is 23.2 Å². The van der Waals surface area contributed by atoms with E-state index in [1.807, 2.05) is 13.8 Å². The van der Waals surface area contributed by atoms with Gasteiger partial charge in [-0.1, -0.05) is 31.5 Å². The van der Waals surface area contributed by atoms with Gasteiger partial charge in [0.2, 0.25) is 0 Å². The molecule has 0 fully saturated rings. The van der Waals surface area contributed by atoms with E-state index in [4.69, 9.17) is 17.3 Å². The number of nitrogen functional groups attached to an aromatic ring is 1. The lowest BCUT2D eigenvalue weighted by Gasteiger charge is -2.14. The maximum atomic E-state index is 11.9. The molecule has 4 nitrogen and oxygen atoms in total. The summed E-state index contributed by atoms with van der Waals surface area (Å²) in [4.78, 5) is 11.9. The molecule has 4 N–H and O–H groups in total. The van der Waals surface area contributed by atoms with E-state index in [9.17, 15) is 9.90 Å². The van der Waals surface area contributed by atoms with Crippen LogP contribution in [0.5, 0.6) is 0 Å². The molecule has 0 radical (unpaired) electrons. The highest BCUT2D eigenvalue weighted by atomic mass is 35.5. The van der Waals surface area contributed by atoms with Crippen molar-refractivity contribution in [1.29, 1.82) is 0 Å². The number of rotatable bonds is 5. The molecule has 18 heavy (non-hydrogen) atoms. The van der Waals surface area contributed by atoms with Crippen molar-refractivity contribution in [1.82, 2.24) is 5.32 Å². The van der Waals surface area contributed by atoms with Crippen LogP contribution in [0.1, 0.15) is 30.6 Å². The largest absolute Gasteiger partial charge is 0.398 e. The van der Waals surface area contributed by atoms with Gasteiger partial charge in [0.25, 0.3) is 5.91 Å². The number of hydrogen-bond donors (Lipinski definition) is 3. The molecule has 1 aromatic rings. The van der Waals surface area contributed by atoms with Crippen LogP contribution in [0.2, 0.25) is 5.02 Å². The Morgan fingerprint density at radius 2 is 2.17 bits per heavy atom. The molecule has 1 aromatic carbocycles. The SMILES string of the molecule is CC(C)CC(O)CNC(=O)c1c(N)cccc1Cl. The first-order valence-corrected chi connectivity index (χ1v) is 6.29. The monoisotopic (exact) mass is 270 g/mol. The summed E-state index contributed by atoms with van der Waals surface area (Å²) >= 11 is 5.92. The fourth-order valence-electron chi connectivity index (χ4n) is 1.71. The number of carbonyl (C=O) groups excluding carboxylic acids is 1. The average Bonchev–Trinajstić information content (AvgIpc) is 2.25. The van der Waals surface area contributed by atoms with Crippen LogP contribution in [0.15, 0.2) is 18.2 Å². The number of nitrogens with one attached hydrogen (secondary N) is 1. The molecular weight excluding hydrogens is 252 g/mol. The molecule has 0 aliphatic carbocycles. The molecular formula is C13H19ClN2O2. The van der Waals surface area contributed by atoms with Crippen molar-refractivity contribution in [3.05, 3.63) is 28.8 Å². The van der Waals surface area contributed by atoms with Crippen LogP contribution in [-0.4, -0.2) is 23.7 Å². The summed E-state index contributed by atoms with van der Waals surface area (Å²) in [6.07, 6.45) is 0.0795. The lowest BCUT2D eigenvalue weighted by molar-refractivity contribution is 0.0901. The zero-order chi connectivity index (χ0) is 13.7. The maximum Gasteiger partial charge on any atom is 0.254 e. The Morgan fingerprint density at radius 3 is 2.72 bits per heavy atom. The molecule has 1 rings (SSSR count). The van der Waals surface area contributed by atoms with Gasteiger partial charge < -0.3 is 16.2 Å². The van der Waals surface area contributed by atoms with Gasteiger partial charge in [-0.25, -0.2) is 0 Å². The summed E-state index contributed by atoms with van der Waals surface area (Å²) in [6.45, 7) is 4.22. The van der Waals surface area contributed by atoms with Crippen molar-refractivity contribution in [2.45, 2.75) is 26.4 Å². The molecule has 1 amide bonds. The van der Waals surface area contributed by atoms with Gasteiger partial charge >= 0.3 is 0 Å². The number of nitrogens with two attached hydrogens (primary N) is 1. The van der Waals surface area contributed by atoms with E-state index in [-0.39, 0.29) is 18.0 Å². The van der Waals surface area contributed by atoms with E-state index in [1.165, 1.54) is 0 Å². The van der Waals surface area contributed by atoms with Crippen LogP contribution >= 0.6 is 11.6 Å². The number of anilines is 1. The van der Waals surface area contributed by atoms with E-state index < -0.39 is 6.10 Å². The number of aliphatic hydroxyl groups is 1. The molecule has 0 saturated carbocycles. The number of hydrogen-bond acceptors (Lipinski definition) is 3. The number of benzene rings is 1. The first-order chi connectivity index (χ1) is 8.41. The topological polar surface area (TPSA) is 75.3 Å². The van der Waals surface area contributed by atoms with Crippen LogP contribution in [0.25, 0.3) is 0 Å². The molecule has 1 atom stereocenters. The van der Waals surface area contributed by atoms with Crippen LogP contribution in [0.4, 0.5) is 5.69 Å². The molecule has 5 heteroatoms. The molecule has 100 valence electrons. The Bertz CT molecular complexity index is 401. The van der Waals surface area contributed by atoms with Gasteiger partial charge in [-0.15, -0.1) is 0 Å². The Balaban J connectivity index is 2.61. The second-order valence-corrected chi connectivity index (χ2v) is 5.10. The summed E-state index contributed by atoms with van der Waals surface area (Å²) < 4.78 is 0. The second kappa shape index (κ2) is 6.61. The second-order valence-electron chi connectivity index (χ2n) is 4.70. The van der Waals surface area contributed by atoms with Gasteiger partial charge in [0.05, 0.1) is 16.7 Å². The normalized spacial score (nSPS) is 12.5. The lowest BCUT2D eigenvalue weighted by atomic mass is 10.1. The standard InChI is InChI=1S/C13H19ClN2O2/c1-8(2)6-9(17)7-16-13(18)12-10(14)4-3-5-11(12)15/h3-5,8-9,17H,6-7,15H2,1-2H3,(H,16,18). The highest BCUT2D eigenvalue weighted by Crippen LogP contribution is 2.21. The molecule has 0 saturated heterocycles. The first kappa shape index (κ1) is 14.8. The van der Waals surface area contributed by atoms with Crippen molar-refractivity contribution < 1.29 is 9.90 Å². The summed E-state index contributed by atoms with van der Waals surface area (Å²) in [5.74, 6) is 0.0168. The summed E-state index contributed by atoms with van der Waals surface area (Å²) in [5.41, 5.74) is 6.29. The summed E-state index contributed by atoms with van der Waals surface area (Å²) in [7, 11) is 0. The van der Waals surface area contributed by atoms with Gasteiger partial charge in [0.1, 0.15) is 0 Å². The lowest BCUT2D eigenvalue weighted by Crippen LogP contribution is -2.33. The van der Waals surface area contributed by atoms with E-state index in [2.05, 4.69) is 5.32 Å². The fraction of sp³-hybridized carbons (Fsp3) is 0.462. The third-order valence-electron chi connectivity index (χ3n) is 2.51. The average molecular weight is 271 g/mol. The van der Waals surface area contributed by atoms with E-state index >= 15 is 0 Å². The van der Waals surface area contributed by atoms with Crippen molar-refractivity contribution in [2.24, 2.45) is 5.92 Å². The van der Waals surface area contributed by atoms with Crippen molar-refractivity contribution in [3.63, 3.8) is 0 Å². The minimum Gasteiger partial charge on any atom is -0.398 e. The molecule has 0 bridgehead atoms. The first-order valence-electron chi connectivity index (χ1n) is 5.92. The predicted octanol–water partition coefficient (Wildman–Crippen LogP) is 2.06. The Hall–Kier alpha value is -1.26. The van der Waals surface area contributed by atoms with E-state index in [0.717, 1.165) is 0 Å². The number of aliphatic hydroxyl groups excluding tert-OH is 1. The Kier molecular flexibility index (Phi) is 5.44. The van der Waals surface area contributed by atoms with Crippen LogP contribution < -0.4 is 11.1 Å². The molecule has 0 aliphatic heterocycles. The highest BCUT2D eigenvalue weighted by molar-refractivity contribution is 6.34. The summed E-state index contributed by atoms with van der Waals surface area (Å²) in [6, 6.07) is 4.91. The van der Waals surface area contributed by atoms with Gasteiger partial charge in [-0.2, -0.15) is 0 Å². The Labute approximate surface area is 112 Å². The predicted molar refractivity (Wildman–Crippen MR) is 73.7 cm³/mol. The van der Waals surface area contributed by atoms with E-state index in [1.54, 1.807) is 18.2 Å². The zero-order valence-corrected chi connectivity index (χ0v) is 11.4. The van der Waals surface area contributed by atoms with Gasteiger partial charge in [0.15, 0.2) is 0 Å². The van der Waals surface area contributed by atoms with Crippen LogP contribution in [-0.2, 0) is 0 Å². The third-order valence-corrected chi connectivity index (χ3v) is 2.83. The fourth-order valence-corrected chi connectivity index (χ4v) is 1.97. The Morgan fingerprint density at radius 1 is 1.50 bits per heavy atom. The van der Waals surface area contributed by atoms with Gasteiger partial charge in [-0.05, 0) is 24.5 Å². The zero-order valence-electron chi connectivity index (χ0n) is 10.6. The smallest absolute Gasteiger partial charge is 0.254 e. The molecule has 0 spiro atoms. The summed E-state index contributed by atoms with van der Waals surface area (Å²) in [5, 5.41) is 12.6. The van der Waals surface area contributed by atoms with Crippen molar-refractivity contribution in [2.75, 3.05) is 12.3 Å². The highest BCUT2D eigenvalue weighted by Gasteiger charge is 2.15. The van der Waals surface area contributed by atoms with E-state index in [0.29, 0.717) is 23.0 Å². The molecule has 0 heterocycles. The number of halogens is 1. The quantitative estimate of drug-likeness (QED) is 0.717.